The van der Waals surface area contributed by atoms with Gasteiger partial charge in [-0.2, -0.15) is 0 Å². The number of nitrogens with zero attached hydrogens (tertiary/aromatic N) is 2. The van der Waals surface area contributed by atoms with Crippen molar-refractivity contribution in [3.05, 3.63) is 29.3 Å². The highest BCUT2D eigenvalue weighted by Crippen LogP contribution is 2.15. The summed E-state index contributed by atoms with van der Waals surface area (Å²) in [5, 5.41) is 6.34. The predicted molar refractivity (Wildman–Crippen MR) is 94.7 cm³/mol. The number of oxime groups is 1. The second-order valence-corrected chi connectivity index (χ2v) is 6.15. The summed E-state index contributed by atoms with van der Waals surface area (Å²) < 4.78 is 0. The average Bonchev–Trinajstić information content (AvgIpc) is 2.83. The Balaban J connectivity index is 2.02. The fourth-order valence-electron chi connectivity index (χ4n) is 2.47. The van der Waals surface area contributed by atoms with E-state index in [0.29, 0.717) is 23.8 Å². The lowest BCUT2D eigenvalue weighted by Gasteiger charge is -2.19. The minimum atomic E-state index is -0.912. The van der Waals surface area contributed by atoms with Gasteiger partial charge in [-0.1, -0.05) is 35.7 Å². The molecule has 0 aromatic heterocycles. The van der Waals surface area contributed by atoms with Crippen LogP contribution in [0.25, 0.3) is 0 Å². The third kappa shape index (κ3) is 5.86. The van der Waals surface area contributed by atoms with E-state index in [1.165, 1.54) is 13.0 Å². The molecule has 2 rings (SSSR count). The molecule has 25 heavy (non-hydrogen) atoms. The van der Waals surface area contributed by atoms with Crippen LogP contribution in [0.15, 0.2) is 29.4 Å². The molecule has 1 saturated heterocycles. The zero-order valence-corrected chi connectivity index (χ0v) is 14.7. The summed E-state index contributed by atoms with van der Waals surface area (Å²) in [6.07, 6.45) is 2.95. The van der Waals surface area contributed by atoms with E-state index in [1.807, 2.05) is 0 Å². The van der Waals surface area contributed by atoms with Crippen molar-refractivity contribution < 1.29 is 19.2 Å². The van der Waals surface area contributed by atoms with Gasteiger partial charge in [-0.15, -0.1) is 0 Å². The summed E-state index contributed by atoms with van der Waals surface area (Å²) in [5.41, 5.74) is 0.0269. The van der Waals surface area contributed by atoms with Gasteiger partial charge >= 0.3 is 6.09 Å². The Morgan fingerprint density at radius 2 is 1.84 bits per heavy atom. The summed E-state index contributed by atoms with van der Waals surface area (Å²) in [5.74, 6) is -1.06. The van der Waals surface area contributed by atoms with Crippen LogP contribution in [0.3, 0.4) is 0 Å². The Bertz CT molecular complexity index is 682. The van der Waals surface area contributed by atoms with Crippen molar-refractivity contribution in [3.63, 3.8) is 0 Å². The second-order valence-electron chi connectivity index (χ2n) is 5.72. The van der Waals surface area contributed by atoms with Crippen LogP contribution < -0.4 is 5.32 Å². The molecule has 1 N–H and O–H groups in total. The Labute approximate surface area is 151 Å². The predicted octanol–water partition coefficient (Wildman–Crippen LogP) is 3.24. The number of carbonyl (C=O) groups excluding carboxylic acids is 3. The minimum absolute atomic E-state index is 0.386. The standard InChI is InChI=1S/C17H20ClN3O4/c1-12(22)15(16(23)21-9-4-2-3-5-10-21)20-25-17(24)19-14-8-6-7-13(18)11-14/h6-8,11H,2-5,9-10H2,1H3,(H,19,24). The van der Waals surface area contributed by atoms with Crippen LogP contribution in [-0.2, 0) is 14.4 Å². The van der Waals surface area contributed by atoms with Crippen molar-refractivity contribution >= 4 is 40.8 Å². The molecule has 0 spiro atoms. The Morgan fingerprint density at radius 3 is 2.44 bits per heavy atom. The molecule has 0 atom stereocenters. The number of ketones is 1. The lowest BCUT2D eigenvalue weighted by molar-refractivity contribution is -0.125. The number of halogens is 1. The molecular formula is C17H20ClN3O4. The van der Waals surface area contributed by atoms with Crippen LogP contribution in [0, 0.1) is 0 Å². The summed E-state index contributed by atoms with van der Waals surface area (Å²) in [6, 6.07) is 6.46. The third-order valence-electron chi connectivity index (χ3n) is 3.72. The minimum Gasteiger partial charge on any atom is -0.337 e. The van der Waals surface area contributed by atoms with E-state index in [1.54, 1.807) is 23.1 Å². The molecule has 1 aliphatic rings. The van der Waals surface area contributed by atoms with E-state index in [-0.39, 0.29) is 5.71 Å². The summed E-state index contributed by atoms with van der Waals surface area (Å²) in [6.45, 7) is 2.35. The maximum absolute atomic E-state index is 12.5. The topological polar surface area (TPSA) is 88.1 Å². The van der Waals surface area contributed by atoms with Gasteiger partial charge < -0.3 is 4.90 Å². The number of anilines is 1. The molecule has 0 aliphatic carbocycles. The van der Waals surface area contributed by atoms with Crippen LogP contribution in [0.4, 0.5) is 10.5 Å². The highest BCUT2D eigenvalue weighted by molar-refractivity contribution is 6.65. The SMILES string of the molecule is CC(=O)C(=NOC(=O)Nc1cccc(Cl)c1)C(=O)N1CCCCCC1. The largest absolute Gasteiger partial charge is 0.437 e. The van der Waals surface area contributed by atoms with Gasteiger partial charge in [-0.25, -0.2) is 4.79 Å². The molecule has 1 aromatic carbocycles. The van der Waals surface area contributed by atoms with Gasteiger partial charge in [0, 0.05) is 30.7 Å². The number of hydrogen-bond donors (Lipinski definition) is 1. The molecule has 0 bridgehead atoms. The lowest BCUT2D eigenvalue weighted by atomic mass is 10.2. The Hall–Kier alpha value is -2.41. The number of amides is 2. The average molecular weight is 366 g/mol. The molecule has 7 nitrogen and oxygen atoms in total. The van der Waals surface area contributed by atoms with Gasteiger partial charge in [0.05, 0.1) is 0 Å². The molecular weight excluding hydrogens is 346 g/mol. The zero-order chi connectivity index (χ0) is 18.2. The van der Waals surface area contributed by atoms with E-state index < -0.39 is 17.8 Å². The van der Waals surface area contributed by atoms with Crippen LogP contribution >= 0.6 is 11.6 Å². The number of carbonyl (C=O) groups is 3. The Morgan fingerprint density at radius 1 is 1.16 bits per heavy atom. The van der Waals surface area contributed by atoms with Crippen molar-refractivity contribution in [1.29, 1.82) is 0 Å². The van der Waals surface area contributed by atoms with Crippen molar-refractivity contribution in [2.24, 2.45) is 5.16 Å². The smallest absolute Gasteiger partial charge is 0.337 e. The van der Waals surface area contributed by atoms with Crippen molar-refractivity contribution in [1.82, 2.24) is 4.90 Å². The van der Waals surface area contributed by atoms with Crippen LogP contribution in [0.5, 0.6) is 0 Å². The van der Waals surface area contributed by atoms with Crippen LogP contribution in [0.1, 0.15) is 32.6 Å². The highest BCUT2D eigenvalue weighted by Gasteiger charge is 2.25. The van der Waals surface area contributed by atoms with Gasteiger partial charge in [0.15, 0.2) is 5.78 Å². The van der Waals surface area contributed by atoms with Crippen LogP contribution in [0.2, 0.25) is 5.02 Å². The first kappa shape index (κ1) is 18.9. The second kappa shape index (κ2) is 9.17. The van der Waals surface area contributed by atoms with E-state index in [4.69, 9.17) is 11.6 Å². The summed E-state index contributed by atoms with van der Waals surface area (Å²) >= 11 is 5.82. The van der Waals surface area contributed by atoms with Gasteiger partial charge in [-0.05, 0) is 31.0 Å². The van der Waals surface area contributed by atoms with Crippen LogP contribution in [-0.4, -0.2) is 41.5 Å². The molecule has 134 valence electrons. The molecule has 0 radical (unpaired) electrons. The van der Waals surface area contributed by atoms with E-state index in [2.05, 4.69) is 15.3 Å². The normalized spacial score (nSPS) is 15.3. The molecule has 2 amide bonds. The molecule has 1 aliphatic heterocycles. The van der Waals surface area contributed by atoms with Gasteiger partial charge in [0.2, 0.25) is 5.71 Å². The molecule has 1 fully saturated rings. The molecule has 8 heteroatoms. The highest BCUT2D eigenvalue weighted by atomic mass is 35.5. The van der Waals surface area contributed by atoms with Gasteiger partial charge in [0.25, 0.3) is 5.91 Å². The molecule has 0 unspecified atom stereocenters. The van der Waals surface area contributed by atoms with E-state index in [9.17, 15) is 14.4 Å². The van der Waals surface area contributed by atoms with Crippen molar-refractivity contribution in [3.8, 4) is 0 Å². The first-order chi connectivity index (χ1) is 12.0. The van der Waals surface area contributed by atoms with Crippen molar-refractivity contribution in [2.75, 3.05) is 18.4 Å². The first-order valence-electron chi connectivity index (χ1n) is 8.09. The quantitative estimate of drug-likeness (QED) is 0.384. The lowest BCUT2D eigenvalue weighted by Crippen LogP contribution is -2.40. The number of nitrogens with one attached hydrogen (secondary N) is 1. The Kier molecular flexibility index (Phi) is 6.94. The number of likely N-dealkylation sites (tertiary alicyclic amines) is 1. The molecule has 1 heterocycles. The van der Waals surface area contributed by atoms with E-state index in [0.717, 1.165) is 25.7 Å². The number of hydrogen-bond acceptors (Lipinski definition) is 5. The number of Topliss-reactive ketones (excluding diaryl/α,β-unsaturated/α-hetero) is 1. The maximum atomic E-state index is 12.5. The monoisotopic (exact) mass is 365 g/mol. The van der Waals surface area contributed by atoms with Gasteiger partial charge in [-0.3, -0.25) is 19.7 Å². The first-order valence-corrected chi connectivity index (χ1v) is 8.47. The van der Waals surface area contributed by atoms with Crippen molar-refractivity contribution in [2.45, 2.75) is 32.6 Å². The summed E-state index contributed by atoms with van der Waals surface area (Å²) in [4.78, 5) is 42.2. The molecule has 1 aromatic rings. The van der Waals surface area contributed by atoms with Gasteiger partial charge in [0.1, 0.15) is 0 Å². The fourth-order valence-corrected chi connectivity index (χ4v) is 2.66. The molecule has 0 saturated carbocycles. The zero-order valence-electron chi connectivity index (χ0n) is 14.0. The number of benzene rings is 1. The fraction of sp³-hybridized carbons (Fsp3) is 0.412. The maximum Gasteiger partial charge on any atom is 0.437 e. The summed E-state index contributed by atoms with van der Waals surface area (Å²) in [7, 11) is 0. The third-order valence-corrected chi connectivity index (χ3v) is 3.96. The number of rotatable bonds is 4. The van der Waals surface area contributed by atoms with E-state index >= 15 is 0 Å².